The van der Waals surface area contributed by atoms with Crippen LogP contribution in [-0.2, 0) is 26.2 Å². The monoisotopic (exact) mass is 595 g/mol. The van der Waals surface area contributed by atoms with Crippen LogP contribution in [0.3, 0.4) is 0 Å². The molecule has 3 aromatic carbocycles. The molecule has 0 radical (unpaired) electrons. The van der Waals surface area contributed by atoms with Gasteiger partial charge in [0, 0.05) is 33.7 Å². The van der Waals surface area contributed by atoms with Gasteiger partial charge in [-0.05, 0) is 68.8 Å². The fourth-order valence-corrected chi connectivity index (χ4v) is 6.13. The van der Waals surface area contributed by atoms with Crippen molar-refractivity contribution in [3.05, 3.63) is 92.9 Å². The molecule has 3 aromatic rings. The number of carbonyl (C=O) groups is 2. The van der Waals surface area contributed by atoms with Crippen molar-refractivity contribution >= 4 is 62.3 Å². The Kier molecular flexibility index (Phi) is 10.1. The lowest BCUT2D eigenvalue weighted by molar-refractivity contribution is -0.139. The highest BCUT2D eigenvalue weighted by atomic mass is 35.5. The molecule has 0 aliphatic heterocycles. The molecule has 202 valence electrons. The van der Waals surface area contributed by atoms with Crippen molar-refractivity contribution in [1.82, 2.24) is 10.2 Å². The molecule has 0 fully saturated rings. The van der Waals surface area contributed by atoms with Crippen LogP contribution < -0.4 is 9.62 Å². The zero-order chi connectivity index (χ0) is 28.0. The lowest BCUT2D eigenvalue weighted by Gasteiger charge is -2.32. The number of likely N-dealkylation sites (N-methyl/N-ethyl adjacent to an activating group) is 1. The van der Waals surface area contributed by atoms with Crippen molar-refractivity contribution in [1.29, 1.82) is 0 Å². The van der Waals surface area contributed by atoms with E-state index in [0.29, 0.717) is 32.7 Å². The second kappa shape index (κ2) is 12.8. The first-order valence-electron chi connectivity index (χ1n) is 11.8. The average Bonchev–Trinajstić information content (AvgIpc) is 2.87. The van der Waals surface area contributed by atoms with E-state index in [1.54, 1.807) is 75.4 Å². The summed E-state index contributed by atoms with van der Waals surface area (Å²) in [6.45, 7) is 4.71. The SMILES string of the molecule is CCNC(=O)[C@H](C)N(Cc1c(Cl)cccc1Cl)C(=O)CN(c1ccc(Cl)cc1C)S(=O)(=O)c1ccccc1. The highest BCUT2D eigenvalue weighted by molar-refractivity contribution is 7.92. The molecule has 0 aliphatic rings. The molecule has 0 saturated heterocycles. The standard InChI is InChI=1S/C27H28Cl3N3O4S/c1-4-31-27(35)19(3)32(16-22-23(29)11-8-12-24(22)30)26(34)17-33(25-14-13-20(28)15-18(25)2)38(36,37)21-9-6-5-7-10-21/h5-15,19H,4,16-17H2,1-3H3,(H,31,35)/t19-/m0/s1. The number of hydrogen-bond acceptors (Lipinski definition) is 4. The zero-order valence-corrected chi connectivity index (χ0v) is 24.2. The third-order valence-corrected chi connectivity index (χ3v) is 8.66. The quantitative estimate of drug-likeness (QED) is 0.325. The van der Waals surface area contributed by atoms with Gasteiger partial charge in [0.25, 0.3) is 10.0 Å². The van der Waals surface area contributed by atoms with Gasteiger partial charge in [-0.2, -0.15) is 0 Å². The Balaban J connectivity index is 2.09. The molecule has 7 nitrogen and oxygen atoms in total. The second-order valence-electron chi connectivity index (χ2n) is 8.55. The molecule has 1 atom stereocenters. The van der Waals surface area contributed by atoms with Crippen molar-refractivity contribution < 1.29 is 18.0 Å². The molecular formula is C27H28Cl3N3O4S. The molecule has 11 heteroatoms. The summed E-state index contributed by atoms with van der Waals surface area (Å²) in [6.07, 6.45) is 0. The number of rotatable bonds is 10. The molecule has 38 heavy (non-hydrogen) atoms. The van der Waals surface area contributed by atoms with Crippen LogP contribution in [0.1, 0.15) is 25.0 Å². The Labute approximate surface area is 238 Å². The first-order valence-corrected chi connectivity index (χ1v) is 14.4. The topological polar surface area (TPSA) is 86.8 Å². The number of benzene rings is 3. The Morgan fingerprint density at radius 3 is 2.16 bits per heavy atom. The van der Waals surface area contributed by atoms with Crippen LogP contribution in [0, 0.1) is 6.92 Å². The van der Waals surface area contributed by atoms with Gasteiger partial charge in [-0.1, -0.05) is 59.1 Å². The van der Waals surface area contributed by atoms with Gasteiger partial charge in [-0.25, -0.2) is 8.42 Å². The van der Waals surface area contributed by atoms with Crippen molar-refractivity contribution in [2.75, 3.05) is 17.4 Å². The first-order chi connectivity index (χ1) is 18.0. The summed E-state index contributed by atoms with van der Waals surface area (Å²) in [5.41, 5.74) is 1.29. The van der Waals surface area contributed by atoms with Crippen LogP contribution in [0.25, 0.3) is 0 Å². The van der Waals surface area contributed by atoms with E-state index < -0.39 is 34.4 Å². The molecule has 2 amide bonds. The van der Waals surface area contributed by atoms with E-state index in [1.165, 1.54) is 17.0 Å². The number of amides is 2. The number of nitrogens with zero attached hydrogens (tertiary/aromatic N) is 2. The van der Waals surface area contributed by atoms with E-state index in [0.717, 1.165) is 4.31 Å². The molecule has 0 saturated carbocycles. The van der Waals surface area contributed by atoms with Crippen molar-refractivity contribution in [2.24, 2.45) is 0 Å². The fraction of sp³-hybridized carbons (Fsp3) is 0.259. The number of sulfonamides is 1. The minimum Gasteiger partial charge on any atom is -0.355 e. The number of halogens is 3. The molecule has 1 N–H and O–H groups in total. The Bertz CT molecular complexity index is 1400. The lowest BCUT2D eigenvalue weighted by Crippen LogP contribution is -2.51. The van der Waals surface area contributed by atoms with Crippen LogP contribution in [-0.4, -0.2) is 44.3 Å². The maximum atomic E-state index is 13.9. The number of hydrogen-bond donors (Lipinski definition) is 1. The first kappa shape index (κ1) is 29.8. The lowest BCUT2D eigenvalue weighted by atomic mass is 10.1. The average molecular weight is 597 g/mol. The summed E-state index contributed by atoms with van der Waals surface area (Å²) >= 11 is 18.9. The van der Waals surface area contributed by atoms with Gasteiger partial charge in [-0.15, -0.1) is 0 Å². The van der Waals surface area contributed by atoms with Crippen LogP contribution in [0.2, 0.25) is 15.1 Å². The van der Waals surface area contributed by atoms with Gasteiger partial charge in [0.05, 0.1) is 10.6 Å². The van der Waals surface area contributed by atoms with Gasteiger partial charge in [0.15, 0.2) is 0 Å². The van der Waals surface area contributed by atoms with Gasteiger partial charge in [0.2, 0.25) is 11.8 Å². The van der Waals surface area contributed by atoms with E-state index in [9.17, 15) is 18.0 Å². The number of aryl methyl sites for hydroxylation is 1. The minimum absolute atomic E-state index is 0.0135. The highest BCUT2D eigenvalue weighted by Gasteiger charge is 2.33. The van der Waals surface area contributed by atoms with Crippen LogP contribution in [0.15, 0.2) is 71.6 Å². The molecule has 0 aromatic heterocycles. The number of anilines is 1. The molecular weight excluding hydrogens is 569 g/mol. The predicted molar refractivity (Wildman–Crippen MR) is 152 cm³/mol. The van der Waals surface area contributed by atoms with Gasteiger partial charge in [-0.3, -0.25) is 13.9 Å². The Hall–Kier alpha value is -2.78. The van der Waals surface area contributed by atoms with E-state index >= 15 is 0 Å². The van der Waals surface area contributed by atoms with Crippen molar-refractivity contribution in [2.45, 2.75) is 38.3 Å². The van der Waals surface area contributed by atoms with Crippen molar-refractivity contribution in [3.63, 3.8) is 0 Å². The number of carbonyl (C=O) groups excluding carboxylic acids is 2. The fourth-order valence-electron chi connectivity index (χ4n) is 3.89. The summed E-state index contributed by atoms with van der Waals surface area (Å²) in [5.74, 6) is -1.02. The molecule has 0 heterocycles. The van der Waals surface area contributed by atoms with E-state index in [2.05, 4.69) is 5.32 Å². The van der Waals surface area contributed by atoms with Gasteiger partial charge in [0.1, 0.15) is 12.6 Å². The van der Waals surface area contributed by atoms with E-state index in [4.69, 9.17) is 34.8 Å². The summed E-state index contributed by atoms with van der Waals surface area (Å²) in [5, 5.41) is 3.77. The summed E-state index contributed by atoms with van der Waals surface area (Å²) < 4.78 is 28.6. The molecule has 0 aliphatic carbocycles. The largest absolute Gasteiger partial charge is 0.355 e. The zero-order valence-electron chi connectivity index (χ0n) is 21.1. The van der Waals surface area contributed by atoms with Crippen LogP contribution in [0.5, 0.6) is 0 Å². The smallest absolute Gasteiger partial charge is 0.264 e. The third-order valence-electron chi connectivity index (χ3n) is 5.95. The molecule has 0 bridgehead atoms. The Morgan fingerprint density at radius 2 is 1.58 bits per heavy atom. The highest BCUT2D eigenvalue weighted by Crippen LogP contribution is 2.30. The van der Waals surface area contributed by atoms with E-state index in [1.807, 2.05) is 0 Å². The van der Waals surface area contributed by atoms with Crippen molar-refractivity contribution in [3.8, 4) is 0 Å². The second-order valence-corrected chi connectivity index (χ2v) is 11.7. The van der Waals surface area contributed by atoms with Crippen LogP contribution >= 0.6 is 34.8 Å². The normalized spacial score (nSPS) is 12.1. The Morgan fingerprint density at radius 1 is 0.947 bits per heavy atom. The summed E-state index contributed by atoms with van der Waals surface area (Å²) in [7, 11) is -4.17. The predicted octanol–water partition coefficient (Wildman–Crippen LogP) is 5.70. The maximum absolute atomic E-state index is 13.9. The molecule has 0 spiro atoms. The minimum atomic E-state index is -4.17. The van der Waals surface area contributed by atoms with Gasteiger partial charge < -0.3 is 10.2 Å². The molecule has 0 unspecified atom stereocenters. The summed E-state index contributed by atoms with van der Waals surface area (Å²) in [4.78, 5) is 28.0. The van der Waals surface area contributed by atoms with Gasteiger partial charge >= 0.3 is 0 Å². The molecule has 3 rings (SSSR count). The van der Waals surface area contributed by atoms with E-state index in [-0.39, 0.29) is 17.1 Å². The maximum Gasteiger partial charge on any atom is 0.264 e. The van der Waals surface area contributed by atoms with Crippen LogP contribution in [0.4, 0.5) is 5.69 Å². The third kappa shape index (κ3) is 6.80. The summed E-state index contributed by atoms with van der Waals surface area (Å²) in [6, 6.07) is 16.5. The number of nitrogens with one attached hydrogen (secondary N) is 1.